The number of hydrogen-bond donors (Lipinski definition) is 0. The molecule has 2 heteroatoms. The van der Waals surface area contributed by atoms with Crippen LogP contribution in [0.3, 0.4) is 0 Å². The lowest BCUT2D eigenvalue weighted by atomic mass is 9.67. The number of anilines is 3. The Morgan fingerprint density at radius 2 is 0.899 bits per heavy atom. The van der Waals surface area contributed by atoms with E-state index in [4.69, 9.17) is 0 Å². The zero-order chi connectivity index (χ0) is 45.5. The molecule has 0 fully saturated rings. The van der Waals surface area contributed by atoms with Crippen molar-refractivity contribution >= 4 is 71.2 Å². The van der Waals surface area contributed by atoms with Gasteiger partial charge in [-0.25, -0.2) is 0 Å². The molecular weight excluding hydrogens is 833 g/mol. The normalized spacial score (nSPS) is 12.8. The highest BCUT2D eigenvalue weighted by molar-refractivity contribution is 6.13. The Morgan fingerprint density at radius 1 is 0.304 bits per heavy atom. The van der Waals surface area contributed by atoms with Gasteiger partial charge in [0.05, 0.1) is 27.8 Å². The van der Waals surface area contributed by atoms with E-state index in [0.29, 0.717) is 0 Å². The Morgan fingerprint density at radius 3 is 1.71 bits per heavy atom. The van der Waals surface area contributed by atoms with Gasteiger partial charge in [0, 0.05) is 32.9 Å². The molecule has 1 aliphatic carbocycles. The van der Waals surface area contributed by atoms with Crippen molar-refractivity contribution in [3.63, 3.8) is 0 Å². The molecule has 14 rings (SSSR count). The van der Waals surface area contributed by atoms with Crippen LogP contribution < -0.4 is 4.90 Å². The monoisotopic (exact) mass is 876 g/mol. The van der Waals surface area contributed by atoms with Gasteiger partial charge in [0.2, 0.25) is 0 Å². The zero-order valence-corrected chi connectivity index (χ0v) is 37.8. The highest BCUT2D eigenvalue weighted by Crippen LogP contribution is 2.57. The summed E-state index contributed by atoms with van der Waals surface area (Å²) in [6.45, 7) is 0. The second-order valence-electron chi connectivity index (χ2n) is 18.4. The molecule has 0 atom stereocenters. The fourth-order valence-electron chi connectivity index (χ4n) is 11.8. The van der Waals surface area contributed by atoms with Crippen molar-refractivity contribution in [3.05, 3.63) is 289 Å². The van der Waals surface area contributed by atoms with E-state index in [2.05, 4.69) is 276 Å². The highest BCUT2D eigenvalue weighted by atomic mass is 15.1. The molecule has 12 aromatic carbocycles. The summed E-state index contributed by atoms with van der Waals surface area (Å²) in [5.74, 6) is 0. The van der Waals surface area contributed by atoms with Crippen LogP contribution in [-0.4, -0.2) is 4.57 Å². The average Bonchev–Trinajstić information content (AvgIpc) is 3.91. The highest BCUT2D eigenvalue weighted by Gasteiger charge is 2.46. The van der Waals surface area contributed by atoms with Crippen LogP contribution in [0.4, 0.5) is 17.1 Å². The predicted molar refractivity (Wildman–Crippen MR) is 291 cm³/mol. The summed E-state index contributed by atoms with van der Waals surface area (Å²) in [6, 6.07) is 98.7. The molecule has 1 aromatic heterocycles. The molecular formula is C67H44N2. The maximum absolute atomic E-state index is 2.48. The standard InChI is InChI=1S/C67H44N2/c1-3-22-49(23-4-1)67(50-24-5-2-6-25-50)61-31-15-13-28-56(61)57-38-37-52(44-62(57)67)69-64-32-16-14-30-59(64)60-43-48(35-40-66(60)69)53-39-41-65(58-29-12-11-27-55(53)58)68(51-36-34-45-18-7-8-20-47(45)42-51)63-33-17-21-46-19-9-10-26-54(46)63/h1-44H. The zero-order valence-electron chi connectivity index (χ0n) is 37.8. The molecule has 0 spiro atoms. The first-order chi connectivity index (χ1) is 34.2. The predicted octanol–water partition coefficient (Wildman–Crippen LogP) is 17.7. The van der Waals surface area contributed by atoms with Crippen molar-refractivity contribution in [2.45, 2.75) is 5.41 Å². The summed E-state index contributed by atoms with van der Waals surface area (Å²) in [5.41, 5.74) is 16.5. The van der Waals surface area contributed by atoms with Crippen molar-refractivity contribution < 1.29 is 0 Å². The Bertz CT molecular complexity index is 4100. The van der Waals surface area contributed by atoms with Gasteiger partial charge in [0.25, 0.3) is 0 Å². The Labute approximate surface area is 401 Å². The molecule has 0 saturated carbocycles. The van der Waals surface area contributed by atoms with Crippen LogP contribution in [0.1, 0.15) is 22.3 Å². The fourth-order valence-corrected chi connectivity index (χ4v) is 11.8. The number of fused-ring (bicyclic) bond motifs is 9. The van der Waals surface area contributed by atoms with E-state index in [9.17, 15) is 0 Å². The summed E-state index contributed by atoms with van der Waals surface area (Å²) in [7, 11) is 0. The number of hydrogen-bond acceptors (Lipinski definition) is 1. The molecule has 1 heterocycles. The molecule has 0 unspecified atom stereocenters. The van der Waals surface area contributed by atoms with Crippen LogP contribution in [0.15, 0.2) is 267 Å². The second kappa shape index (κ2) is 15.6. The van der Waals surface area contributed by atoms with Crippen LogP contribution in [0.5, 0.6) is 0 Å². The van der Waals surface area contributed by atoms with Gasteiger partial charge in [-0.3, -0.25) is 0 Å². The van der Waals surface area contributed by atoms with E-state index in [1.165, 1.54) is 98.6 Å². The maximum Gasteiger partial charge on any atom is 0.0714 e. The summed E-state index contributed by atoms with van der Waals surface area (Å²) in [6.07, 6.45) is 0. The molecule has 0 aliphatic heterocycles. The summed E-state index contributed by atoms with van der Waals surface area (Å²) in [5, 5.41) is 9.72. The van der Waals surface area contributed by atoms with E-state index in [1.807, 2.05) is 0 Å². The number of benzene rings is 12. The molecule has 322 valence electrons. The third-order valence-electron chi connectivity index (χ3n) is 14.8. The minimum absolute atomic E-state index is 0.485. The van der Waals surface area contributed by atoms with Crippen molar-refractivity contribution in [2.75, 3.05) is 4.90 Å². The summed E-state index contributed by atoms with van der Waals surface area (Å²) < 4.78 is 2.48. The molecule has 0 amide bonds. The van der Waals surface area contributed by atoms with Gasteiger partial charge >= 0.3 is 0 Å². The summed E-state index contributed by atoms with van der Waals surface area (Å²) in [4.78, 5) is 2.46. The third-order valence-corrected chi connectivity index (χ3v) is 14.8. The van der Waals surface area contributed by atoms with Crippen LogP contribution in [0, 0.1) is 0 Å². The number of rotatable bonds is 7. The van der Waals surface area contributed by atoms with Crippen molar-refractivity contribution in [3.8, 4) is 27.9 Å². The molecule has 0 bridgehead atoms. The van der Waals surface area contributed by atoms with Gasteiger partial charge in [0.15, 0.2) is 0 Å². The van der Waals surface area contributed by atoms with E-state index in [-0.39, 0.29) is 0 Å². The van der Waals surface area contributed by atoms with Gasteiger partial charge in [-0.2, -0.15) is 0 Å². The first kappa shape index (κ1) is 39.2. The lowest BCUT2D eigenvalue weighted by molar-refractivity contribution is 0.767. The minimum Gasteiger partial charge on any atom is -0.309 e. The molecule has 0 radical (unpaired) electrons. The summed E-state index contributed by atoms with van der Waals surface area (Å²) >= 11 is 0. The average molecular weight is 877 g/mol. The Kier molecular flexibility index (Phi) is 8.84. The number of aromatic nitrogens is 1. The van der Waals surface area contributed by atoms with Crippen molar-refractivity contribution in [1.82, 2.24) is 4.57 Å². The maximum atomic E-state index is 2.48. The Balaban J connectivity index is 0.953. The van der Waals surface area contributed by atoms with Crippen LogP contribution in [0.25, 0.3) is 82.1 Å². The molecule has 1 aliphatic rings. The minimum atomic E-state index is -0.485. The van der Waals surface area contributed by atoms with Crippen molar-refractivity contribution in [1.29, 1.82) is 0 Å². The molecule has 69 heavy (non-hydrogen) atoms. The van der Waals surface area contributed by atoms with Gasteiger partial charge < -0.3 is 9.47 Å². The molecule has 13 aromatic rings. The van der Waals surface area contributed by atoms with Gasteiger partial charge in [-0.05, 0) is 121 Å². The SMILES string of the molecule is c1ccc(C2(c3ccccc3)c3ccccc3-c3ccc(-n4c5ccccc5c5cc(-c6ccc(N(c7ccc8ccccc8c7)c7cccc8ccccc78)c7ccccc67)ccc54)cc32)cc1. The number of para-hydroxylation sites is 1. The van der Waals surface area contributed by atoms with Gasteiger partial charge in [-0.15, -0.1) is 0 Å². The third kappa shape index (κ3) is 5.92. The van der Waals surface area contributed by atoms with Crippen molar-refractivity contribution in [2.24, 2.45) is 0 Å². The van der Waals surface area contributed by atoms with Crippen LogP contribution in [0.2, 0.25) is 0 Å². The topological polar surface area (TPSA) is 8.17 Å². The smallest absolute Gasteiger partial charge is 0.0714 e. The first-order valence-corrected chi connectivity index (χ1v) is 23.9. The molecule has 0 N–H and O–H groups in total. The first-order valence-electron chi connectivity index (χ1n) is 23.9. The fraction of sp³-hybridized carbons (Fsp3) is 0.0149. The van der Waals surface area contributed by atoms with Crippen LogP contribution >= 0.6 is 0 Å². The largest absolute Gasteiger partial charge is 0.309 e. The molecule has 2 nitrogen and oxygen atoms in total. The Hall–Kier alpha value is -8.98. The van der Waals surface area contributed by atoms with E-state index in [1.54, 1.807) is 0 Å². The van der Waals surface area contributed by atoms with Crippen LogP contribution in [-0.2, 0) is 5.41 Å². The lowest BCUT2D eigenvalue weighted by Crippen LogP contribution is -2.28. The lowest BCUT2D eigenvalue weighted by Gasteiger charge is -2.34. The number of nitrogens with zero attached hydrogens (tertiary/aromatic N) is 2. The molecule has 0 saturated heterocycles. The quantitative estimate of drug-likeness (QED) is 0.155. The van der Waals surface area contributed by atoms with Gasteiger partial charge in [0.1, 0.15) is 0 Å². The van der Waals surface area contributed by atoms with E-state index in [0.717, 1.165) is 22.7 Å². The van der Waals surface area contributed by atoms with Gasteiger partial charge in [-0.1, -0.05) is 212 Å². The van der Waals surface area contributed by atoms with E-state index < -0.39 is 5.41 Å². The van der Waals surface area contributed by atoms with E-state index >= 15 is 0 Å². The second-order valence-corrected chi connectivity index (χ2v) is 18.4.